The van der Waals surface area contributed by atoms with Gasteiger partial charge in [0.05, 0.1) is 10.0 Å². The first-order valence-corrected chi connectivity index (χ1v) is 6.50. The van der Waals surface area contributed by atoms with Crippen LogP contribution in [0.15, 0.2) is 18.2 Å². The number of ketones is 1. The van der Waals surface area contributed by atoms with E-state index in [1.54, 1.807) is 12.1 Å². The first kappa shape index (κ1) is 14.5. The summed E-state index contributed by atoms with van der Waals surface area (Å²) in [6.07, 6.45) is 2.56. The van der Waals surface area contributed by atoms with Gasteiger partial charge in [-0.1, -0.05) is 48.7 Å². The van der Waals surface area contributed by atoms with Crippen molar-refractivity contribution in [2.24, 2.45) is 5.73 Å². The van der Waals surface area contributed by atoms with Gasteiger partial charge in [-0.15, -0.1) is 0 Å². The average molecular weight is 274 g/mol. The molecule has 4 heteroatoms. The minimum absolute atomic E-state index is 0.0505. The van der Waals surface area contributed by atoms with Gasteiger partial charge < -0.3 is 5.73 Å². The number of hydrogen-bond donors (Lipinski definition) is 1. The van der Waals surface area contributed by atoms with E-state index in [9.17, 15) is 4.79 Å². The minimum atomic E-state index is -0.0505. The highest BCUT2D eigenvalue weighted by atomic mass is 35.5. The van der Waals surface area contributed by atoms with Crippen molar-refractivity contribution in [3.05, 3.63) is 33.8 Å². The molecule has 1 aromatic carbocycles. The number of carbonyl (C=O) groups is 1. The van der Waals surface area contributed by atoms with Crippen LogP contribution in [0, 0.1) is 0 Å². The van der Waals surface area contributed by atoms with Crippen molar-refractivity contribution < 1.29 is 4.79 Å². The number of nitrogens with two attached hydrogens (primary N) is 1. The van der Waals surface area contributed by atoms with Crippen molar-refractivity contribution in [3.63, 3.8) is 0 Å². The van der Waals surface area contributed by atoms with E-state index in [2.05, 4.69) is 6.92 Å². The second-order valence-electron chi connectivity index (χ2n) is 4.18. The summed E-state index contributed by atoms with van der Waals surface area (Å²) in [6.45, 7) is 2.05. The summed E-state index contributed by atoms with van der Waals surface area (Å²) in [5, 5.41) is 0.946. The molecule has 0 saturated carbocycles. The SMILES string of the molecule is CCCC(N)CC(=O)Cc1cccc(Cl)c1Cl. The third-order valence-corrected chi connectivity index (χ3v) is 3.43. The van der Waals surface area contributed by atoms with E-state index in [1.165, 1.54) is 0 Å². The summed E-state index contributed by atoms with van der Waals surface area (Å²) >= 11 is 11.9. The van der Waals surface area contributed by atoms with Gasteiger partial charge in [0.2, 0.25) is 0 Å². The number of benzene rings is 1. The second-order valence-corrected chi connectivity index (χ2v) is 4.97. The van der Waals surface area contributed by atoms with Crippen LogP contribution >= 0.6 is 23.2 Å². The Morgan fingerprint density at radius 1 is 1.41 bits per heavy atom. The zero-order chi connectivity index (χ0) is 12.8. The number of rotatable bonds is 6. The van der Waals surface area contributed by atoms with Gasteiger partial charge >= 0.3 is 0 Å². The zero-order valence-corrected chi connectivity index (χ0v) is 11.4. The molecule has 0 heterocycles. The average Bonchev–Trinajstić information content (AvgIpc) is 2.25. The maximum atomic E-state index is 11.8. The summed E-state index contributed by atoms with van der Waals surface area (Å²) in [5.41, 5.74) is 6.60. The van der Waals surface area contributed by atoms with Crippen molar-refractivity contribution in [1.29, 1.82) is 0 Å². The smallest absolute Gasteiger partial charge is 0.138 e. The summed E-state index contributed by atoms with van der Waals surface area (Å²) in [5.74, 6) is 0.107. The standard InChI is InChI=1S/C13H17Cl2NO/c1-2-4-10(16)8-11(17)7-9-5-3-6-12(14)13(9)15/h3,5-6,10H,2,4,7-8,16H2,1H3. The molecule has 0 aliphatic heterocycles. The molecule has 1 atom stereocenters. The zero-order valence-electron chi connectivity index (χ0n) is 9.88. The monoisotopic (exact) mass is 273 g/mol. The minimum Gasteiger partial charge on any atom is -0.327 e. The van der Waals surface area contributed by atoms with E-state index in [4.69, 9.17) is 28.9 Å². The molecule has 0 amide bonds. The molecule has 0 spiro atoms. The fourth-order valence-electron chi connectivity index (χ4n) is 1.73. The fraction of sp³-hybridized carbons (Fsp3) is 0.462. The third-order valence-electron chi connectivity index (χ3n) is 2.57. The largest absolute Gasteiger partial charge is 0.327 e. The van der Waals surface area contributed by atoms with Gasteiger partial charge in [-0.3, -0.25) is 4.79 Å². The van der Waals surface area contributed by atoms with Crippen LogP contribution in [0.5, 0.6) is 0 Å². The Morgan fingerprint density at radius 2 is 2.12 bits per heavy atom. The highest BCUT2D eigenvalue weighted by Gasteiger charge is 2.12. The molecule has 2 nitrogen and oxygen atoms in total. The molecule has 0 fully saturated rings. The maximum absolute atomic E-state index is 11.8. The van der Waals surface area contributed by atoms with Crippen molar-refractivity contribution in [2.45, 2.75) is 38.6 Å². The molecule has 94 valence electrons. The highest BCUT2D eigenvalue weighted by molar-refractivity contribution is 6.42. The lowest BCUT2D eigenvalue weighted by Crippen LogP contribution is -2.24. The van der Waals surface area contributed by atoms with Crippen LogP contribution in [0.3, 0.4) is 0 Å². The molecule has 0 aliphatic rings. The topological polar surface area (TPSA) is 43.1 Å². The lowest BCUT2D eigenvalue weighted by Gasteiger charge is -2.10. The predicted octanol–water partition coefficient (Wildman–Crippen LogP) is 3.62. The Labute approximate surface area is 112 Å². The predicted molar refractivity (Wildman–Crippen MR) is 72.7 cm³/mol. The van der Waals surface area contributed by atoms with Crippen LogP contribution in [0.25, 0.3) is 0 Å². The van der Waals surface area contributed by atoms with Crippen LogP contribution in [-0.2, 0) is 11.2 Å². The fourth-order valence-corrected chi connectivity index (χ4v) is 2.12. The van der Waals surface area contributed by atoms with E-state index in [0.29, 0.717) is 22.9 Å². The quantitative estimate of drug-likeness (QED) is 0.860. The van der Waals surface area contributed by atoms with E-state index >= 15 is 0 Å². The van der Waals surface area contributed by atoms with Gasteiger partial charge in [0.15, 0.2) is 0 Å². The lowest BCUT2D eigenvalue weighted by molar-refractivity contribution is -0.118. The molecule has 0 radical (unpaired) electrons. The van der Waals surface area contributed by atoms with Crippen LogP contribution in [0.2, 0.25) is 10.0 Å². The van der Waals surface area contributed by atoms with Gasteiger partial charge in [-0.05, 0) is 18.1 Å². The summed E-state index contributed by atoms with van der Waals surface area (Å²) in [7, 11) is 0. The molecular weight excluding hydrogens is 257 g/mol. The van der Waals surface area contributed by atoms with Gasteiger partial charge in [-0.25, -0.2) is 0 Å². The van der Waals surface area contributed by atoms with Gasteiger partial charge in [0.1, 0.15) is 5.78 Å². The Kier molecular flexibility index (Phi) is 5.96. The van der Waals surface area contributed by atoms with Gasteiger partial charge in [0.25, 0.3) is 0 Å². The van der Waals surface area contributed by atoms with Crippen molar-refractivity contribution in [3.8, 4) is 0 Å². The molecule has 0 bridgehead atoms. The third kappa shape index (κ3) is 4.66. The van der Waals surface area contributed by atoms with Crippen LogP contribution in [-0.4, -0.2) is 11.8 Å². The Balaban J connectivity index is 2.59. The highest BCUT2D eigenvalue weighted by Crippen LogP contribution is 2.26. The normalized spacial score (nSPS) is 12.5. The Morgan fingerprint density at radius 3 is 2.76 bits per heavy atom. The second kappa shape index (κ2) is 7.00. The molecule has 0 saturated heterocycles. The number of carbonyl (C=O) groups excluding carboxylic acids is 1. The molecule has 1 aromatic rings. The van der Waals surface area contributed by atoms with E-state index < -0.39 is 0 Å². The molecule has 2 N–H and O–H groups in total. The maximum Gasteiger partial charge on any atom is 0.138 e. The van der Waals surface area contributed by atoms with Gasteiger partial charge in [0, 0.05) is 18.9 Å². The number of halogens is 2. The Bertz CT molecular complexity index is 393. The first-order chi connectivity index (χ1) is 8.04. The van der Waals surface area contributed by atoms with Gasteiger partial charge in [-0.2, -0.15) is 0 Å². The van der Waals surface area contributed by atoms with Crippen LogP contribution in [0.1, 0.15) is 31.7 Å². The molecule has 17 heavy (non-hydrogen) atoms. The molecule has 1 rings (SSSR count). The van der Waals surface area contributed by atoms with Crippen LogP contribution < -0.4 is 5.73 Å². The molecule has 1 unspecified atom stereocenters. The molecular formula is C13H17Cl2NO. The van der Waals surface area contributed by atoms with E-state index in [0.717, 1.165) is 18.4 Å². The molecule has 0 aliphatic carbocycles. The lowest BCUT2D eigenvalue weighted by atomic mass is 10.0. The number of hydrogen-bond acceptors (Lipinski definition) is 2. The number of Topliss-reactive ketones (excluding diaryl/α,β-unsaturated/α-hetero) is 1. The first-order valence-electron chi connectivity index (χ1n) is 5.74. The van der Waals surface area contributed by atoms with E-state index in [-0.39, 0.29) is 11.8 Å². The summed E-state index contributed by atoms with van der Waals surface area (Å²) < 4.78 is 0. The summed E-state index contributed by atoms with van der Waals surface area (Å²) in [4.78, 5) is 11.8. The van der Waals surface area contributed by atoms with Crippen molar-refractivity contribution >= 4 is 29.0 Å². The van der Waals surface area contributed by atoms with Crippen molar-refractivity contribution in [1.82, 2.24) is 0 Å². The van der Waals surface area contributed by atoms with Crippen LogP contribution in [0.4, 0.5) is 0 Å². The summed E-state index contributed by atoms with van der Waals surface area (Å²) in [6, 6.07) is 5.27. The van der Waals surface area contributed by atoms with Crippen molar-refractivity contribution in [2.75, 3.05) is 0 Å². The molecule has 0 aromatic heterocycles. The van der Waals surface area contributed by atoms with E-state index in [1.807, 2.05) is 6.07 Å². The Hall–Kier alpha value is -0.570.